The fourth-order valence-electron chi connectivity index (χ4n) is 2.50. The molecule has 1 aromatic carbocycles. The van der Waals surface area contributed by atoms with Crippen LogP contribution in [0.3, 0.4) is 0 Å². The monoisotopic (exact) mass is 310 g/mol. The third-order valence-electron chi connectivity index (χ3n) is 3.82. The van der Waals surface area contributed by atoms with Crippen molar-refractivity contribution in [3.05, 3.63) is 59.5 Å². The zero-order chi connectivity index (χ0) is 16.4. The van der Waals surface area contributed by atoms with Crippen molar-refractivity contribution in [1.29, 1.82) is 0 Å². The van der Waals surface area contributed by atoms with Gasteiger partial charge in [0.2, 0.25) is 0 Å². The molecular weight excluding hydrogens is 292 g/mol. The first-order chi connectivity index (χ1) is 11.1. The van der Waals surface area contributed by atoms with Gasteiger partial charge in [-0.25, -0.2) is 9.97 Å². The number of pyridine rings is 1. The summed E-state index contributed by atoms with van der Waals surface area (Å²) in [6, 6.07) is 9.26. The number of hydrogen-bond acceptors (Lipinski definition) is 4. The van der Waals surface area contributed by atoms with E-state index in [4.69, 9.17) is 0 Å². The second-order valence-electron chi connectivity index (χ2n) is 5.50. The van der Waals surface area contributed by atoms with Crippen LogP contribution in [0.1, 0.15) is 27.6 Å². The molecule has 23 heavy (non-hydrogen) atoms. The molecule has 6 nitrogen and oxygen atoms in total. The molecule has 3 aromatic rings. The average Bonchev–Trinajstić information content (AvgIpc) is 2.93. The van der Waals surface area contributed by atoms with Crippen LogP contribution in [0.5, 0.6) is 0 Å². The number of fused-ring (bicyclic) bond motifs is 1. The molecule has 0 saturated heterocycles. The number of hydrogen-bond donors (Lipinski definition) is 2. The van der Waals surface area contributed by atoms with Gasteiger partial charge in [-0.05, 0) is 24.1 Å². The molecule has 0 fully saturated rings. The Balaban J connectivity index is 1.69. The fourth-order valence-corrected chi connectivity index (χ4v) is 2.50. The number of carbonyl (C=O) groups is 1. The number of benzene rings is 1. The smallest absolute Gasteiger partial charge is 0.253 e. The molecule has 2 aromatic heterocycles. The molecule has 1 unspecified atom stereocenters. The number of aliphatic hydroxyl groups excluding tert-OH is 1. The van der Waals surface area contributed by atoms with E-state index in [1.807, 2.05) is 38.2 Å². The SMILES string of the molecule is Cc1ccccc1C(O)CNC(=O)c1cnc2c(c1)ncn2C. The summed E-state index contributed by atoms with van der Waals surface area (Å²) in [7, 11) is 1.85. The normalized spacial score (nSPS) is 12.3. The van der Waals surface area contributed by atoms with Crippen molar-refractivity contribution in [3.8, 4) is 0 Å². The predicted octanol–water partition coefficient (Wildman–Crippen LogP) is 1.74. The van der Waals surface area contributed by atoms with E-state index in [9.17, 15) is 9.90 Å². The Kier molecular flexibility index (Phi) is 4.08. The van der Waals surface area contributed by atoms with Crippen molar-refractivity contribution in [2.45, 2.75) is 13.0 Å². The van der Waals surface area contributed by atoms with Gasteiger partial charge in [-0.2, -0.15) is 0 Å². The minimum Gasteiger partial charge on any atom is -0.387 e. The standard InChI is InChI=1S/C17H18N4O2/c1-11-5-3-4-6-13(11)15(22)9-19-17(23)12-7-14-16(18-8-12)21(2)10-20-14/h3-8,10,15,22H,9H2,1-2H3,(H,19,23). The lowest BCUT2D eigenvalue weighted by Gasteiger charge is -2.14. The highest BCUT2D eigenvalue weighted by molar-refractivity contribution is 5.96. The van der Waals surface area contributed by atoms with Crippen molar-refractivity contribution in [2.75, 3.05) is 6.54 Å². The Hall–Kier alpha value is -2.73. The topological polar surface area (TPSA) is 80.0 Å². The van der Waals surface area contributed by atoms with Gasteiger partial charge in [0.05, 0.1) is 18.0 Å². The third kappa shape index (κ3) is 3.07. The number of aliphatic hydroxyl groups is 1. The van der Waals surface area contributed by atoms with Crippen molar-refractivity contribution in [3.63, 3.8) is 0 Å². The molecule has 0 aliphatic carbocycles. The Morgan fingerprint density at radius 3 is 2.91 bits per heavy atom. The quantitative estimate of drug-likeness (QED) is 0.769. The molecule has 0 spiro atoms. The number of nitrogens with zero attached hydrogens (tertiary/aromatic N) is 3. The van der Waals surface area contributed by atoms with Crippen LogP contribution in [0.2, 0.25) is 0 Å². The number of rotatable bonds is 4. The van der Waals surface area contributed by atoms with Gasteiger partial charge in [0.1, 0.15) is 5.52 Å². The van der Waals surface area contributed by atoms with Gasteiger partial charge in [0.15, 0.2) is 5.65 Å². The van der Waals surface area contributed by atoms with Gasteiger partial charge in [0.25, 0.3) is 5.91 Å². The molecule has 0 aliphatic rings. The largest absolute Gasteiger partial charge is 0.387 e. The summed E-state index contributed by atoms with van der Waals surface area (Å²) in [6.45, 7) is 2.07. The van der Waals surface area contributed by atoms with Gasteiger partial charge in [-0.15, -0.1) is 0 Å². The van der Waals surface area contributed by atoms with Crippen molar-refractivity contribution in [1.82, 2.24) is 19.9 Å². The zero-order valence-electron chi connectivity index (χ0n) is 13.0. The summed E-state index contributed by atoms with van der Waals surface area (Å²) in [4.78, 5) is 20.6. The zero-order valence-corrected chi connectivity index (χ0v) is 13.0. The number of nitrogens with one attached hydrogen (secondary N) is 1. The first-order valence-corrected chi connectivity index (χ1v) is 7.35. The first kappa shape index (κ1) is 15.2. The van der Waals surface area contributed by atoms with Crippen LogP contribution < -0.4 is 5.32 Å². The van der Waals surface area contributed by atoms with Crippen LogP contribution >= 0.6 is 0 Å². The van der Waals surface area contributed by atoms with E-state index in [0.717, 1.165) is 16.8 Å². The first-order valence-electron chi connectivity index (χ1n) is 7.35. The second kappa shape index (κ2) is 6.18. The fraction of sp³-hybridized carbons (Fsp3) is 0.235. The Morgan fingerprint density at radius 2 is 2.13 bits per heavy atom. The summed E-state index contributed by atoms with van der Waals surface area (Å²) in [5.74, 6) is -0.280. The maximum Gasteiger partial charge on any atom is 0.253 e. The molecule has 0 aliphatic heterocycles. The van der Waals surface area contributed by atoms with Gasteiger partial charge >= 0.3 is 0 Å². The van der Waals surface area contributed by atoms with Crippen LogP contribution in [0.15, 0.2) is 42.9 Å². The molecule has 2 heterocycles. The van der Waals surface area contributed by atoms with Gasteiger partial charge in [-0.1, -0.05) is 24.3 Å². The van der Waals surface area contributed by atoms with Gasteiger partial charge < -0.3 is 15.0 Å². The van der Waals surface area contributed by atoms with Crippen LogP contribution in [0, 0.1) is 6.92 Å². The second-order valence-corrected chi connectivity index (χ2v) is 5.50. The predicted molar refractivity (Wildman–Crippen MR) is 87.0 cm³/mol. The summed E-state index contributed by atoms with van der Waals surface area (Å²) in [5.41, 5.74) is 3.62. The summed E-state index contributed by atoms with van der Waals surface area (Å²) >= 11 is 0. The van der Waals surface area contributed by atoms with E-state index in [1.165, 1.54) is 6.20 Å². The van der Waals surface area contributed by atoms with Crippen LogP contribution in [0.4, 0.5) is 0 Å². The number of amides is 1. The maximum atomic E-state index is 12.2. The molecule has 1 amide bonds. The van der Waals surface area contributed by atoms with Gasteiger partial charge in [-0.3, -0.25) is 4.79 Å². The van der Waals surface area contributed by atoms with E-state index in [-0.39, 0.29) is 12.5 Å². The maximum absolute atomic E-state index is 12.2. The molecule has 2 N–H and O–H groups in total. The molecule has 0 saturated carbocycles. The van der Waals surface area contributed by atoms with E-state index in [1.54, 1.807) is 17.0 Å². The number of carbonyl (C=O) groups excluding carboxylic acids is 1. The van der Waals surface area contributed by atoms with E-state index >= 15 is 0 Å². The van der Waals surface area contributed by atoms with Crippen LogP contribution in [0.25, 0.3) is 11.2 Å². The van der Waals surface area contributed by atoms with Crippen LogP contribution in [-0.2, 0) is 7.05 Å². The van der Waals surface area contributed by atoms with E-state index in [0.29, 0.717) is 11.1 Å². The lowest BCUT2D eigenvalue weighted by atomic mass is 10.0. The average molecular weight is 310 g/mol. The minimum absolute atomic E-state index is 0.143. The molecule has 6 heteroatoms. The van der Waals surface area contributed by atoms with Crippen molar-refractivity contribution < 1.29 is 9.90 Å². The number of imidazole rings is 1. The Morgan fingerprint density at radius 1 is 1.35 bits per heavy atom. The molecule has 1 atom stereocenters. The summed E-state index contributed by atoms with van der Waals surface area (Å²) in [5, 5.41) is 13.0. The highest BCUT2D eigenvalue weighted by Gasteiger charge is 2.13. The molecular formula is C17H18N4O2. The van der Waals surface area contributed by atoms with Crippen molar-refractivity contribution in [2.24, 2.45) is 7.05 Å². The third-order valence-corrected chi connectivity index (χ3v) is 3.82. The highest BCUT2D eigenvalue weighted by Crippen LogP contribution is 2.16. The number of aryl methyl sites for hydroxylation is 2. The van der Waals surface area contributed by atoms with Gasteiger partial charge in [0, 0.05) is 19.8 Å². The Bertz CT molecular complexity index is 857. The molecule has 0 bridgehead atoms. The minimum atomic E-state index is -0.744. The molecule has 3 rings (SSSR count). The summed E-state index contributed by atoms with van der Waals surface area (Å²) < 4.78 is 1.79. The van der Waals surface area contributed by atoms with E-state index in [2.05, 4.69) is 15.3 Å². The lowest BCUT2D eigenvalue weighted by Crippen LogP contribution is -2.28. The van der Waals surface area contributed by atoms with E-state index < -0.39 is 6.10 Å². The van der Waals surface area contributed by atoms with Crippen LogP contribution in [-0.4, -0.2) is 32.1 Å². The molecule has 0 radical (unpaired) electrons. The Labute approximate surface area is 133 Å². The molecule has 118 valence electrons. The number of aromatic nitrogens is 3. The van der Waals surface area contributed by atoms with Crippen molar-refractivity contribution >= 4 is 17.1 Å². The lowest BCUT2D eigenvalue weighted by molar-refractivity contribution is 0.0915. The highest BCUT2D eigenvalue weighted by atomic mass is 16.3. The summed E-state index contributed by atoms with van der Waals surface area (Å²) in [6.07, 6.45) is 2.42.